The number of ether oxygens (including phenoxy) is 4. The van der Waals surface area contributed by atoms with Crippen LogP contribution < -0.4 is 20.8 Å². The highest BCUT2D eigenvalue weighted by Gasteiger charge is 2.52. The molecule has 0 aliphatic carbocycles. The highest BCUT2D eigenvalue weighted by atomic mass is 31.3. The number of nitrogen functional groups attached to an aromatic ring is 1. The summed E-state index contributed by atoms with van der Waals surface area (Å²) in [7, 11) is -8.49. The van der Waals surface area contributed by atoms with Gasteiger partial charge < -0.3 is 43.9 Å². The maximum atomic E-state index is 13.4. The fourth-order valence-electron chi connectivity index (χ4n) is 5.05. The molecule has 4 rings (SSSR count). The summed E-state index contributed by atoms with van der Waals surface area (Å²) >= 11 is 0. The lowest BCUT2D eigenvalue weighted by molar-refractivity contribution is -0.746. The first-order valence-corrected chi connectivity index (χ1v) is 16.5. The number of nitrogens with zero attached hydrogens (tertiary/aromatic N) is 4. The standard InChI is InChI=1S/C24H32N6O15P2/c1-24(2,3)18(12-8-6-7-9-13(12)30(33)34)44-23(32)43-16-14(10-41-47(38,39)45-46(35,36)37)42-21(17(16)40-5)29-11-28(4)15-19(29)26-22(25)27-20(15)31/h6-9,11,14,16-18,21H,10H2,1-5H3,(H5-,25,26,27,31,35,36,37,38,39)/t14-,16+,17?,18?,21-/m1/s1. The number of carbonyl (C=O) groups is 1. The van der Waals surface area contributed by atoms with Crippen molar-refractivity contribution in [2.45, 2.75) is 51.4 Å². The molecule has 0 bridgehead atoms. The van der Waals surface area contributed by atoms with E-state index in [0.29, 0.717) is 0 Å². The number of anilines is 1. The number of hydrogen-bond donors (Lipinski definition) is 4. The number of para-hydroxylation sites is 1. The van der Waals surface area contributed by atoms with Crippen molar-refractivity contribution >= 4 is 44.6 Å². The lowest BCUT2D eigenvalue weighted by Gasteiger charge is -2.31. The maximum Gasteiger partial charge on any atom is 0.509 e. The first kappa shape index (κ1) is 36.1. The number of aryl methyl sites for hydroxylation is 1. The first-order chi connectivity index (χ1) is 21.7. The Morgan fingerprint density at radius 3 is 2.53 bits per heavy atom. The van der Waals surface area contributed by atoms with Gasteiger partial charge in [0.1, 0.15) is 12.2 Å². The molecular weight excluding hydrogens is 674 g/mol. The molecule has 0 spiro atoms. The Balaban J connectivity index is 1.71. The molecule has 1 aliphatic rings. The minimum absolute atomic E-state index is 0.00721. The number of nitro groups is 1. The van der Waals surface area contributed by atoms with E-state index in [1.807, 2.05) is 0 Å². The van der Waals surface area contributed by atoms with Gasteiger partial charge >= 0.3 is 19.6 Å². The predicted molar refractivity (Wildman–Crippen MR) is 154 cm³/mol. The summed E-state index contributed by atoms with van der Waals surface area (Å²) < 4.78 is 57.0. The van der Waals surface area contributed by atoms with Gasteiger partial charge in [-0.05, 0) is 6.07 Å². The molecule has 0 radical (unpaired) electrons. The number of nitrogens with two attached hydrogens (primary N) is 1. The number of rotatable bonds is 11. The quantitative estimate of drug-likeness (QED) is 0.0706. The largest absolute Gasteiger partial charge is 0.756 e. The van der Waals surface area contributed by atoms with E-state index in [0.717, 1.165) is 0 Å². The summed E-state index contributed by atoms with van der Waals surface area (Å²) in [5, 5.41) is 11.7. The third-order valence-electron chi connectivity index (χ3n) is 6.87. The van der Waals surface area contributed by atoms with Crippen LogP contribution in [0.3, 0.4) is 0 Å². The number of phosphoric acid groups is 2. The van der Waals surface area contributed by atoms with Crippen molar-refractivity contribution in [2.75, 3.05) is 19.5 Å². The Morgan fingerprint density at radius 2 is 1.94 bits per heavy atom. The van der Waals surface area contributed by atoms with Crippen LogP contribution >= 0.6 is 15.6 Å². The van der Waals surface area contributed by atoms with Gasteiger partial charge in [0.25, 0.3) is 25.0 Å². The molecule has 6 atom stereocenters. The predicted octanol–water partition coefficient (Wildman–Crippen LogP) is 0.855. The Kier molecular flexibility index (Phi) is 10.3. The number of phosphoric ester groups is 1. The highest BCUT2D eigenvalue weighted by molar-refractivity contribution is 7.60. The van der Waals surface area contributed by atoms with Gasteiger partial charge in [-0.15, -0.1) is 0 Å². The van der Waals surface area contributed by atoms with Gasteiger partial charge in [0.05, 0.1) is 24.1 Å². The van der Waals surface area contributed by atoms with E-state index in [4.69, 9.17) is 34.5 Å². The Bertz CT molecular complexity index is 1820. The van der Waals surface area contributed by atoms with Gasteiger partial charge in [-0.2, -0.15) is 0 Å². The van der Waals surface area contributed by atoms with Crippen molar-refractivity contribution < 1.29 is 65.9 Å². The van der Waals surface area contributed by atoms with Gasteiger partial charge in [-0.1, -0.05) is 37.9 Å². The van der Waals surface area contributed by atoms with E-state index < -0.39 is 74.9 Å². The van der Waals surface area contributed by atoms with E-state index >= 15 is 0 Å². The number of nitro benzene ring substituents is 1. The van der Waals surface area contributed by atoms with Crippen LogP contribution in [0, 0.1) is 15.5 Å². The summed E-state index contributed by atoms with van der Waals surface area (Å²) in [6.45, 7) is 3.96. The fourth-order valence-corrected chi connectivity index (χ4v) is 6.61. The normalized spacial score (nSPS) is 22.1. The summed E-state index contributed by atoms with van der Waals surface area (Å²) in [5.41, 5.74) is 4.00. The van der Waals surface area contributed by atoms with E-state index in [1.54, 1.807) is 20.8 Å². The lowest BCUT2D eigenvalue weighted by atomic mass is 9.84. The topological polar surface area (TPSA) is 294 Å². The van der Waals surface area contributed by atoms with Crippen molar-refractivity contribution in [3.63, 3.8) is 0 Å². The molecule has 258 valence electrons. The molecule has 3 aromatic rings. The summed E-state index contributed by atoms with van der Waals surface area (Å²) in [6.07, 6.45) is -6.96. The number of aromatic amines is 1. The van der Waals surface area contributed by atoms with Gasteiger partial charge in [-0.25, -0.2) is 18.2 Å². The number of benzene rings is 1. The number of H-pyrrole nitrogens is 1. The van der Waals surface area contributed by atoms with E-state index in [9.17, 15) is 33.7 Å². The van der Waals surface area contributed by atoms with E-state index in [2.05, 4.69) is 18.8 Å². The maximum absolute atomic E-state index is 13.4. The molecule has 23 heteroatoms. The number of imidazole rings is 1. The Morgan fingerprint density at radius 1 is 1.28 bits per heavy atom. The minimum Gasteiger partial charge on any atom is -0.756 e. The Labute approximate surface area is 265 Å². The number of methoxy groups -OCH3 is 1. The van der Waals surface area contributed by atoms with Crippen molar-refractivity contribution in [3.8, 4) is 0 Å². The highest BCUT2D eigenvalue weighted by Crippen LogP contribution is 2.55. The molecule has 0 amide bonds. The molecular formula is C24H32N6O15P2. The zero-order valence-corrected chi connectivity index (χ0v) is 27.2. The molecule has 21 nitrogen and oxygen atoms in total. The average Bonchev–Trinajstić information content (AvgIpc) is 3.44. The van der Waals surface area contributed by atoms with E-state index in [-0.39, 0.29) is 28.4 Å². The van der Waals surface area contributed by atoms with Gasteiger partial charge in [0.15, 0.2) is 18.5 Å². The lowest BCUT2D eigenvalue weighted by Crippen LogP contribution is -2.48. The molecule has 5 N–H and O–H groups in total. The van der Waals surface area contributed by atoms with Gasteiger partial charge in [0, 0.05) is 18.6 Å². The second-order valence-electron chi connectivity index (χ2n) is 11.3. The van der Waals surface area contributed by atoms with Crippen molar-refractivity contribution in [3.05, 3.63) is 56.6 Å². The second-order valence-corrected chi connectivity index (χ2v) is 14.1. The van der Waals surface area contributed by atoms with Crippen molar-refractivity contribution in [1.29, 1.82) is 0 Å². The molecule has 2 aromatic heterocycles. The third-order valence-corrected chi connectivity index (χ3v) is 8.99. The molecule has 1 fully saturated rings. The fraction of sp³-hybridized carbons (Fsp3) is 0.500. The molecule has 3 unspecified atom stereocenters. The minimum atomic E-state index is -5.65. The van der Waals surface area contributed by atoms with Crippen LogP contribution in [0.25, 0.3) is 11.2 Å². The van der Waals surface area contributed by atoms with Crippen LogP contribution in [0.1, 0.15) is 38.7 Å². The van der Waals surface area contributed by atoms with Crippen molar-refractivity contribution in [2.24, 2.45) is 12.5 Å². The second kappa shape index (κ2) is 13.4. The Hall–Kier alpha value is -3.78. The van der Waals surface area contributed by atoms with Crippen LogP contribution in [0.2, 0.25) is 0 Å². The van der Waals surface area contributed by atoms with Crippen molar-refractivity contribution in [1.82, 2.24) is 14.5 Å². The third kappa shape index (κ3) is 8.21. The zero-order valence-electron chi connectivity index (χ0n) is 25.4. The smallest absolute Gasteiger partial charge is 0.509 e. The number of hydrogen-bond acceptors (Lipinski definition) is 15. The summed E-state index contributed by atoms with van der Waals surface area (Å²) in [6, 6.07) is 5.61. The number of carbonyl (C=O) groups excluding carboxylic acids is 1. The SMILES string of the molecule is COC1[C@@H](OC(=O)OC(c2ccccc2[N+](=O)[O-])C(C)(C)C)[C@@H](COP(=O)([O-])OP(=O)(O)O)O[C@H]1[n+]1cn(C)c2c(=O)[nH]c(N)nc21. The van der Waals surface area contributed by atoms with Crippen LogP contribution in [0.4, 0.5) is 16.4 Å². The van der Waals surface area contributed by atoms with Crippen LogP contribution in [-0.2, 0) is 44.0 Å². The molecule has 47 heavy (non-hydrogen) atoms. The molecule has 0 saturated carbocycles. The van der Waals surface area contributed by atoms with Gasteiger partial charge in [0.2, 0.25) is 11.7 Å². The molecule has 1 aliphatic heterocycles. The van der Waals surface area contributed by atoms with E-state index in [1.165, 1.54) is 53.9 Å². The number of aromatic nitrogens is 4. The first-order valence-electron chi connectivity index (χ1n) is 13.5. The molecule has 1 saturated heterocycles. The number of fused-ring (bicyclic) bond motifs is 1. The monoisotopic (exact) mass is 706 g/mol. The molecule has 1 aromatic carbocycles. The van der Waals surface area contributed by atoms with Crippen LogP contribution in [0.5, 0.6) is 0 Å². The number of nitrogens with one attached hydrogen (secondary N) is 1. The van der Waals surface area contributed by atoms with Gasteiger partial charge in [-0.3, -0.25) is 29.0 Å². The zero-order chi connectivity index (χ0) is 35.1. The summed E-state index contributed by atoms with van der Waals surface area (Å²) in [5.74, 6) is -0.254. The summed E-state index contributed by atoms with van der Waals surface area (Å²) in [4.78, 5) is 73.5. The molecule has 3 heterocycles. The van der Waals surface area contributed by atoms with Crippen LogP contribution in [-0.4, -0.2) is 67.4 Å². The average molecular weight is 706 g/mol. The van der Waals surface area contributed by atoms with Crippen LogP contribution in [0.15, 0.2) is 35.4 Å².